The van der Waals surface area contributed by atoms with E-state index in [4.69, 9.17) is 0 Å². The first-order valence-electron chi connectivity index (χ1n) is 9.86. The summed E-state index contributed by atoms with van der Waals surface area (Å²) in [6.07, 6.45) is 1.83. The van der Waals surface area contributed by atoms with Gasteiger partial charge in [0.15, 0.2) is 5.43 Å². The van der Waals surface area contributed by atoms with Gasteiger partial charge >= 0.3 is 0 Å². The molecule has 0 aliphatic carbocycles. The molecule has 2 aromatic heterocycles. The summed E-state index contributed by atoms with van der Waals surface area (Å²) < 4.78 is 0. The first-order valence-corrected chi connectivity index (χ1v) is 9.86. The van der Waals surface area contributed by atoms with Crippen LogP contribution in [0.3, 0.4) is 0 Å². The number of nitrogens with one attached hydrogen (secondary N) is 2. The van der Waals surface area contributed by atoms with Gasteiger partial charge in [0.2, 0.25) is 0 Å². The lowest BCUT2D eigenvalue weighted by molar-refractivity contribution is 1.30. The smallest absolute Gasteiger partial charge is 0.188 e. The molecule has 0 unspecified atom stereocenters. The van der Waals surface area contributed by atoms with Crippen LogP contribution in [0.15, 0.2) is 95.9 Å². The zero-order chi connectivity index (χ0) is 20.1. The van der Waals surface area contributed by atoms with Gasteiger partial charge in [-0.2, -0.15) is 0 Å². The highest BCUT2D eigenvalue weighted by molar-refractivity contribution is 6.05. The number of aromatic nitrogens is 3. The lowest BCUT2D eigenvalue weighted by Crippen LogP contribution is -2.00. The maximum Gasteiger partial charge on any atom is 0.188 e. The molecule has 30 heavy (non-hydrogen) atoms. The van der Waals surface area contributed by atoms with Crippen molar-refractivity contribution in [2.75, 3.05) is 0 Å². The minimum atomic E-state index is 0.0209. The number of aromatic amines is 2. The molecule has 0 spiro atoms. The van der Waals surface area contributed by atoms with Crippen LogP contribution >= 0.6 is 0 Å². The van der Waals surface area contributed by atoms with E-state index >= 15 is 0 Å². The predicted octanol–water partition coefficient (Wildman–Crippen LogP) is 5.89. The van der Waals surface area contributed by atoms with Crippen LogP contribution < -0.4 is 5.43 Å². The van der Waals surface area contributed by atoms with Gasteiger partial charge < -0.3 is 9.97 Å². The molecule has 0 radical (unpaired) electrons. The van der Waals surface area contributed by atoms with Crippen molar-refractivity contribution in [1.82, 2.24) is 15.0 Å². The normalized spacial score (nSPS) is 11.5. The Morgan fingerprint density at radius 2 is 1.40 bits per heavy atom. The van der Waals surface area contributed by atoms with Gasteiger partial charge in [-0.15, -0.1) is 0 Å². The van der Waals surface area contributed by atoms with Gasteiger partial charge in [-0.25, -0.2) is 4.98 Å². The lowest BCUT2D eigenvalue weighted by atomic mass is 10.0. The van der Waals surface area contributed by atoms with Crippen molar-refractivity contribution in [3.8, 4) is 22.8 Å². The predicted molar refractivity (Wildman–Crippen MR) is 123 cm³/mol. The van der Waals surface area contributed by atoms with Gasteiger partial charge in [0.1, 0.15) is 5.82 Å². The van der Waals surface area contributed by atoms with Crippen LogP contribution in [0.4, 0.5) is 0 Å². The molecule has 0 saturated carbocycles. The highest BCUT2D eigenvalue weighted by atomic mass is 16.1. The fourth-order valence-electron chi connectivity index (χ4n) is 4.17. The molecule has 4 aromatic carbocycles. The van der Waals surface area contributed by atoms with Crippen molar-refractivity contribution in [2.45, 2.75) is 0 Å². The molecule has 0 aliphatic rings. The largest absolute Gasteiger partial charge is 0.353 e. The third kappa shape index (κ3) is 2.54. The van der Waals surface area contributed by atoms with Crippen molar-refractivity contribution >= 4 is 32.4 Å². The van der Waals surface area contributed by atoms with Gasteiger partial charge in [-0.05, 0) is 33.7 Å². The summed E-state index contributed by atoms with van der Waals surface area (Å²) in [6, 6.07) is 28.0. The number of hydrogen-bond acceptors (Lipinski definition) is 2. The zero-order valence-electron chi connectivity index (χ0n) is 16.0. The molecule has 4 heteroatoms. The summed E-state index contributed by atoms with van der Waals surface area (Å²) in [5, 5.41) is 4.99. The average molecular weight is 387 g/mol. The fraction of sp³-hybridized carbons (Fsp3) is 0. The zero-order valence-corrected chi connectivity index (χ0v) is 16.0. The van der Waals surface area contributed by atoms with Gasteiger partial charge in [-0.3, -0.25) is 4.79 Å². The quantitative estimate of drug-likeness (QED) is 0.364. The molecular weight excluding hydrogens is 370 g/mol. The van der Waals surface area contributed by atoms with Crippen LogP contribution in [0.25, 0.3) is 55.2 Å². The Labute approximate surface area is 171 Å². The van der Waals surface area contributed by atoms with E-state index in [2.05, 4.69) is 39.2 Å². The lowest BCUT2D eigenvalue weighted by Gasteiger charge is -2.07. The number of H-pyrrole nitrogens is 2. The molecular formula is C26H17N3O. The number of fused-ring (bicyclic) bond motifs is 4. The Morgan fingerprint density at radius 3 is 2.37 bits per heavy atom. The second-order valence-electron chi connectivity index (χ2n) is 7.43. The molecule has 0 atom stereocenters. The van der Waals surface area contributed by atoms with Crippen LogP contribution in [0.1, 0.15) is 0 Å². The van der Waals surface area contributed by atoms with E-state index < -0.39 is 0 Å². The van der Waals surface area contributed by atoms with Crippen molar-refractivity contribution in [3.05, 3.63) is 101 Å². The van der Waals surface area contributed by atoms with Crippen LogP contribution in [-0.2, 0) is 0 Å². The van der Waals surface area contributed by atoms with Gasteiger partial charge in [0.05, 0.1) is 28.5 Å². The van der Waals surface area contributed by atoms with E-state index in [1.54, 1.807) is 12.1 Å². The third-order valence-electron chi connectivity index (χ3n) is 5.64. The molecule has 0 amide bonds. The van der Waals surface area contributed by atoms with E-state index in [9.17, 15) is 4.79 Å². The third-order valence-corrected chi connectivity index (χ3v) is 5.64. The number of hydrogen-bond donors (Lipinski definition) is 2. The number of imidazole rings is 1. The first kappa shape index (κ1) is 16.7. The maximum absolute atomic E-state index is 12.5. The minimum absolute atomic E-state index is 0.0209. The van der Waals surface area contributed by atoms with Gasteiger partial charge in [0.25, 0.3) is 0 Å². The van der Waals surface area contributed by atoms with Crippen molar-refractivity contribution in [2.24, 2.45) is 0 Å². The number of benzene rings is 4. The summed E-state index contributed by atoms with van der Waals surface area (Å²) in [4.78, 5) is 24.1. The molecule has 2 heterocycles. The molecule has 6 rings (SSSR count). The Kier molecular flexibility index (Phi) is 3.59. The average Bonchev–Trinajstić information content (AvgIpc) is 3.28. The van der Waals surface area contributed by atoms with Crippen LogP contribution in [0.5, 0.6) is 0 Å². The summed E-state index contributed by atoms with van der Waals surface area (Å²) in [7, 11) is 0. The van der Waals surface area contributed by atoms with Crippen molar-refractivity contribution < 1.29 is 0 Å². The van der Waals surface area contributed by atoms with Crippen molar-refractivity contribution in [1.29, 1.82) is 0 Å². The monoisotopic (exact) mass is 387 g/mol. The number of nitrogens with zero attached hydrogens (tertiary/aromatic N) is 1. The molecule has 6 aromatic rings. The number of rotatable bonds is 2. The number of pyridine rings is 1. The van der Waals surface area contributed by atoms with Crippen LogP contribution in [-0.4, -0.2) is 15.0 Å². The van der Waals surface area contributed by atoms with Gasteiger partial charge in [-0.1, -0.05) is 72.8 Å². The second kappa shape index (κ2) is 6.42. The summed E-state index contributed by atoms with van der Waals surface area (Å²) in [6.45, 7) is 0. The highest BCUT2D eigenvalue weighted by Crippen LogP contribution is 2.29. The fourth-order valence-corrected chi connectivity index (χ4v) is 4.17. The standard InChI is InChI=1S/C26H17N3O/c30-23-10-4-7-17-11-12-18-13-14-21(28-25(18)24(17)23)22-15-27-26(29-22)20-9-3-6-16-5-1-2-8-19(16)20/h1-15,28H,(H,27,29). The summed E-state index contributed by atoms with van der Waals surface area (Å²) in [5.41, 5.74) is 3.69. The molecule has 0 aliphatic heterocycles. The second-order valence-corrected chi connectivity index (χ2v) is 7.43. The Balaban J connectivity index is 1.53. The maximum atomic E-state index is 12.5. The Bertz CT molecular complexity index is 1620. The Hall–Kier alpha value is -4.18. The molecule has 0 fully saturated rings. The Morgan fingerprint density at radius 1 is 0.633 bits per heavy atom. The molecule has 2 N–H and O–H groups in total. The van der Waals surface area contributed by atoms with E-state index in [0.717, 1.165) is 44.5 Å². The van der Waals surface area contributed by atoms with Gasteiger partial charge in [0, 0.05) is 5.56 Å². The van der Waals surface area contributed by atoms with Crippen molar-refractivity contribution in [3.63, 3.8) is 0 Å². The molecule has 142 valence electrons. The molecule has 0 saturated heterocycles. The van der Waals surface area contributed by atoms with E-state index in [-0.39, 0.29) is 5.43 Å². The van der Waals surface area contributed by atoms with E-state index in [0.29, 0.717) is 5.39 Å². The summed E-state index contributed by atoms with van der Waals surface area (Å²) in [5.74, 6) is 0.817. The van der Waals surface area contributed by atoms with E-state index in [1.807, 2.05) is 54.7 Å². The highest BCUT2D eigenvalue weighted by Gasteiger charge is 2.11. The SMILES string of the molecule is O=c1cccc2ccc3ccc(-c4cnc(-c5cccc6ccccc56)[nH]4)[nH]c3c12. The van der Waals surface area contributed by atoms with Crippen LogP contribution in [0, 0.1) is 0 Å². The van der Waals surface area contributed by atoms with E-state index in [1.165, 1.54) is 5.39 Å². The minimum Gasteiger partial charge on any atom is -0.353 e. The first-order chi connectivity index (χ1) is 14.8. The van der Waals surface area contributed by atoms with Crippen LogP contribution in [0.2, 0.25) is 0 Å². The topological polar surface area (TPSA) is 61.5 Å². The molecule has 4 nitrogen and oxygen atoms in total. The summed E-state index contributed by atoms with van der Waals surface area (Å²) >= 11 is 0. The molecule has 0 bridgehead atoms.